The van der Waals surface area contributed by atoms with E-state index in [-0.39, 0.29) is 0 Å². The number of benzene rings is 1. The number of nitrogens with zero attached hydrogens (tertiary/aromatic N) is 5. The summed E-state index contributed by atoms with van der Waals surface area (Å²) in [6, 6.07) is 11.5. The molecule has 3 aromatic heterocycles. The molecular formula is C20H18ClN6+. The normalized spacial score (nSPS) is 11.7. The Hall–Kier alpha value is -3.25. The lowest BCUT2D eigenvalue weighted by atomic mass is 10.2. The lowest BCUT2D eigenvalue weighted by Crippen LogP contribution is -2.23. The van der Waals surface area contributed by atoms with Crippen LogP contribution in [0.4, 0.5) is 5.69 Å². The van der Waals surface area contributed by atoms with Crippen LogP contribution in [0.2, 0.25) is 5.02 Å². The number of anilines is 1. The van der Waals surface area contributed by atoms with Crippen molar-refractivity contribution in [1.82, 2.24) is 14.5 Å². The lowest BCUT2D eigenvalue weighted by Gasteiger charge is -2.07. The van der Waals surface area contributed by atoms with Crippen LogP contribution in [0.15, 0.2) is 72.6 Å². The molecule has 4 aromatic rings. The quantitative estimate of drug-likeness (QED) is 0.335. The molecule has 0 aliphatic rings. The summed E-state index contributed by atoms with van der Waals surface area (Å²) in [6.45, 7) is 1.94. The van der Waals surface area contributed by atoms with Gasteiger partial charge in [0, 0.05) is 34.4 Å². The highest BCUT2D eigenvalue weighted by molar-refractivity contribution is 6.31. The standard InChI is InChI=1S/C20H18ClN6/c1-14(15-3-6-20(23-12-15)27-10-9-26(2)13-27)24-25-18-7-8-22-19-11-16(21)4-5-17(18)19/h3-13H,1-2H3,(H,22,25)/q+1. The Morgan fingerprint density at radius 1 is 1.19 bits per heavy atom. The number of hydrazone groups is 1. The predicted octanol–water partition coefficient (Wildman–Crippen LogP) is 3.73. The van der Waals surface area contributed by atoms with Gasteiger partial charge in [0.1, 0.15) is 12.4 Å². The summed E-state index contributed by atoms with van der Waals surface area (Å²) in [7, 11) is 1.98. The van der Waals surface area contributed by atoms with Crippen LogP contribution in [0, 0.1) is 0 Å². The summed E-state index contributed by atoms with van der Waals surface area (Å²) < 4.78 is 3.93. The highest BCUT2D eigenvalue weighted by Crippen LogP contribution is 2.24. The van der Waals surface area contributed by atoms with Gasteiger partial charge in [-0.1, -0.05) is 11.6 Å². The van der Waals surface area contributed by atoms with Crippen molar-refractivity contribution in [3.63, 3.8) is 0 Å². The lowest BCUT2D eigenvalue weighted by molar-refractivity contribution is -0.670. The van der Waals surface area contributed by atoms with Gasteiger partial charge in [0.05, 0.1) is 24.0 Å². The number of rotatable bonds is 4. The third-order valence-corrected chi connectivity index (χ3v) is 4.48. The molecule has 0 bridgehead atoms. The van der Waals surface area contributed by atoms with E-state index in [0.29, 0.717) is 5.02 Å². The number of hydrogen-bond donors (Lipinski definition) is 1. The van der Waals surface area contributed by atoms with E-state index in [2.05, 4.69) is 20.5 Å². The molecule has 0 atom stereocenters. The van der Waals surface area contributed by atoms with Crippen molar-refractivity contribution in [3.05, 3.63) is 78.1 Å². The number of halogens is 1. The van der Waals surface area contributed by atoms with Crippen molar-refractivity contribution < 1.29 is 4.57 Å². The largest absolute Gasteiger partial charge is 0.277 e. The Labute approximate surface area is 161 Å². The summed E-state index contributed by atoms with van der Waals surface area (Å²) in [5.41, 5.74) is 6.61. The molecule has 6 nitrogen and oxygen atoms in total. The van der Waals surface area contributed by atoms with Crippen LogP contribution in [0.3, 0.4) is 0 Å². The topological polar surface area (TPSA) is 59.0 Å². The zero-order valence-corrected chi connectivity index (χ0v) is 15.7. The molecule has 0 amide bonds. The van der Waals surface area contributed by atoms with Crippen LogP contribution in [0.25, 0.3) is 16.7 Å². The van der Waals surface area contributed by atoms with Gasteiger partial charge < -0.3 is 0 Å². The van der Waals surface area contributed by atoms with Gasteiger partial charge in [-0.2, -0.15) is 9.67 Å². The van der Waals surface area contributed by atoms with Crippen molar-refractivity contribution in [3.8, 4) is 5.82 Å². The molecule has 0 fully saturated rings. The second-order valence-corrected chi connectivity index (χ2v) is 6.66. The van der Waals surface area contributed by atoms with E-state index in [9.17, 15) is 0 Å². The maximum atomic E-state index is 6.04. The van der Waals surface area contributed by atoms with Gasteiger partial charge in [-0.3, -0.25) is 10.4 Å². The van der Waals surface area contributed by atoms with Crippen molar-refractivity contribution >= 4 is 33.9 Å². The molecule has 0 saturated heterocycles. The molecule has 1 aromatic carbocycles. The van der Waals surface area contributed by atoms with Gasteiger partial charge in [0.2, 0.25) is 12.1 Å². The maximum absolute atomic E-state index is 6.04. The Morgan fingerprint density at radius 3 is 2.81 bits per heavy atom. The van der Waals surface area contributed by atoms with Gasteiger partial charge >= 0.3 is 0 Å². The maximum Gasteiger partial charge on any atom is 0.250 e. The highest BCUT2D eigenvalue weighted by Gasteiger charge is 2.07. The van der Waals surface area contributed by atoms with Gasteiger partial charge in [-0.15, -0.1) is 0 Å². The number of imidazole rings is 1. The first-order valence-electron chi connectivity index (χ1n) is 8.45. The molecule has 7 heteroatoms. The fraction of sp³-hybridized carbons (Fsp3) is 0.100. The number of aryl methyl sites for hydroxylation is 1. The van der Waals surface area contributed by atoms with Crippen LogP contribution in [0.1, 0.15) is 12.5 Å². The molecule has 0 unspecified atom stereocenters. The fourth-order valence-electron chi connectivity index (χ4n) is 2.77. The Kier molecular flexibility index (Phi) is 4.56. The monoisotopic (exact) mass is 377 g/mol. The van der Waals surface area contributed by atoms with E-state index in [1.807, 2.05) is 84.4 Å². The van der Waals surface area contributed by atoms with E-state index in [1.165, 1.54) is 0 Å². The van der Waals surface area contributed by atoms with Crippen molar-refractivity contribution in [2.45, 2.75) is 6.92 Å². The van der Waals surface area contributed by atoms with E-state index in [4.69, 9.17) is 11.6 Å². The molecular weight excluding hydrogens is 360 g/mol. The number of fused-ring (bicyclic) bond motifs is 1. The summed E-state index contributed by atoms with van der Waals surface area (Å²) in [5, 5.41) is 6.13. The Bertz CT molecular complexity index is 1130. The molecule has 0 aliphatic carbocycles. The SMILES string of the molecule is CC(=NNc1ccnc2cc(Cl)ccc12)c1ccc(-n2cc[n+](C)c2)nc1. The molecule has 3 heterocycles. The number of pyridine rings is 2. The summed E-state index contributed by atoms with van der Waals surface area (Å²) in [4.78, 5) is 8.86. The van der Waals surface area contributed by atoms with Gasteiger partial charge in [0.25, 0.3) is 0 Å². The average Bonchev–Trinajstić information content (AvgIpc) is 3.12. The third kappa shape index (κ3) is 3.66. The van der Waals surface area contributed by atoms with Crippen LogP contribution in [-0.2, 0) is 7.05 Å². The molecule has 134 valence electrons. The third-order valence-electron chi connectivity index (χ3n) is 4.25. The van der Waals surface area contributed by atoms with E-state index >= 15 is 0 Å². The molecule has 4 rings (SSSR count). The number of aromatic nitrogens is 4. The van der Waals surface area contributed by atoms with Crippen LogP contribution >= 0.6 is 11.6 Å². The minimum Gasteiger partial charge on any atom is -0.277 e. The Balaban J connectivity index is 1.56. The van der Waals surface area contributed by atoms with Crippen LogP contribution in [0.5, 0.6) is 0 Å². The van der Waals surface area contributed by atoms with Crippen LogP contribution in [-0.4, -0.2) is 20.2 Å². The zero-order valence-electron chi connectivity index (χ0n) is 15.0. The molecule has 0 spiro atoms. The van der Waals surface area contributed by atoms with E-state index in [0.717, 1.165) is 33.7 Å². The highest BCUT2D eigenvalue weighted by atomic mass is 35.5. The zero-order chi connectivity index (χ0) is 18.8. The first-order chi connectivity index (χ1) is 13.1. The van der Waals surface area contributed by atoms with Gasteiger partial charge in [0.15, 0.2) is 0 Å². The predicted molar refractivity (Wildman–Crippen MR) is 107 cm³/mol. The fourth-order valence-corrected chi connectivity index (χ4v) is 2.93. The van der Waals surface area contributed by atoms with Gasteiger partial charge in [-0.05, 0) is 37.3 Å². The summed E-state index contributed by atoms with van der Waals surface area (Å²) in [6.07, 6.45) is 9.45. The van der Waals surface area contributed by atoms with Gasteiger partial charge in [-0.25, -0.2) is 9.55 Å². The minimum absolute atomic E-state index is 0.661. The molecule has 1 N–H and O–H groups in total. The molecule has 0 saturated carbocycles. The van der Waals surface area contributed by atoms with Crippen LogP contribution < -0.4 is 9.99 Å². The minimum atomic E-state index is 0.661. The number of nitrogens with one attached hydrogen (secondary N) is 1. The van der Waals surface area contributed by atoms with Crippen molar-refractivity contribution in [2.75, 3.05) is 5.43 Å². The molecule has 0 aliphatic heterocycles. The molecule has 0 radical (unpaired) electrons. The average molecular weight is 378 g/mol. The first-order valence-corrected chi connectivity index (χ1v) is 8.82. The van der Waals surface area contributed by atoms with Crippen molar-refractivity contribution in [2.24, 2.45) is 12.1 Å². The van der Waals surface area contributed by atoms with Crippen molar-refractivity contribution in [1.29, 1.82) is 0 Å². The summed E-state index contributed by atoms with van der Waals surface area (Å²) >= 11 is 6.04. The second kappa shape index (κ2) is 7.17. The molecule has 27 heavy (non-hydrogen) atoms. The Morgan fingerprint density at radius 2 is 2.07 bits per heavy atom. The smallest absolute Gasteiger partial charge is 0.250 e. The second-order valence-electron chi connectivity index (χ2n) is 6.22. The number of hydrogen-bond acceptors (Lipinski definition) is 4. The van der Waals surface area contributed by atoms with E-state index in [1.54, 1.807) is 6.20 Å². The van der Waals surface area contributed by atoms with E-state index < -0.39 is 0 Å². The summed E-state index contributed by atoms with van der Waals surface area (Å²) in [5.74, 6) is 0.858. The first kappa shape index (κ1) is 17.2.